The molecule has 1 heterocycles. The van der Waals surface area contributed by atoms with Gasteiger partial charge in [0.2, 0.25) is 5.96 Å². The van der Waals surface area contributed by atoms with Crippen molar-refractivity contribution in [1.82, 2.24) is 9.80 Å². The highest BCUT2D eigenvalue weighted by Crippen LogP contribution is 2.36. The number of nitrogens with zero attached hydrogens (tertiary/aromatic N) is 3. The molecule has 2 amide bonds. The fourth-order valence-corrected chi connectivity index (χ4v) is 3.28. The summed E-state index contributed by atoms with van der Waals surface area (Å²) in [5.41, 5.74) is 3.14. The molecule has 0 unspecified atom stereocenters. The minimum absolute atomic E-state index is 0.136. The summed E-state index contributed by atoms with van der Waals surface area (Å²) in [6, 6.07) is 5.94. The summed E-state index contributed by atoms with van der Waals surface area (Å²) in [4.78, 5) is 33.1. The molecule has 26 heavy (non-hydrogen) atoms. The van der Waals surface area contributed by atoms with E-state index in [-0.39, 0.29) is 12.1 Å². The third kappa shape index (κ3) is 3.53. The minimum Gasteiger partial charge on any atom is -0.271 e. The van der Waals surface area contributed by atoms with Crippen molar-refractivity contribution >= 4 is 23.5 Å². The summed E-state index contributed by atoms with van der Waals surface area (Å²) in [5, 5.41) is 0. The Labute approximate surface area is 157 Å². The van der Waals surface area contributed by atoms with Crippen molar-refractivity contribution in [3.63, 3.8) is 0 Å². The van der Waals surface area contributed by atoms with E-state index in [0.717, 1.165) is 16.8 Å². The summed E-state index contributed by atoms with van der Waals surface area (Å²) >= 11 is 0. The first-order chi connectivity index (χ1) is 12.1. The molecule has 1 aliphatic heterocycles. The van der Waals surface area contributed by atoms with Gasteiger partial charge in [-0.15, -0.1) is 0 Å². The standard InChI is InChI=1S/C21H31N3O2/c1-12(2)16-10-9-11-17(13(3)4)18(16)22-21-23(14(5)6)19(25)20(26)24(21)15(7)8/h9-15H,1-8H3. The molecule has 142 valence electrons. The molecule has 0 aromatic heterocycles. The van der Waals surface area contributed by atoms with Gasteiger partial charge in [-0.1, -0.05) is 45.9 Å². The van der Waals surface area contributed by atoms with E-state index in [1.807, 2.05) is 27.7 Å². The number of hydrogen-bond acceptors (Lipinski definition) is 3. The SMILES string of the molecule is CC(C)c1cccc(C(C)C)c1N=C1N(C(C)C)C(=O)C(=O)N1C(C)C. The maximum atomic E-state index is 12.6. The molecule has 0 N–H and O–H groups in total. The van der Waals surface area contributed by atoms with Crippen LogP contribution in [-0.4, -0.2) is 39.7 Å². The number of hydrogen-bond donors (Lipinski definition) is 0. The number of rotatable bonds is 5. The van der Waals surface area contributed by atoms with E-state index >= 15 is 0 Å². The molecule has 1 fully saturated rings. The Morgan fingerprint density at radius 3 is 1.42 bits per heavy atom. The third-order valence-electron chi connectivity index (χ3n) is 4.64. The summed E-state index contributed by atoms with van der Waals surface area (Å²) < 4.78 is 0. The second kappa shape index (κ2) is 7.60. The Morgan fingerprint density at radius 2 is 1.12 bits per heavy atom. The molecular formula is C21H31N3O2. The van der Waals surface area contributed by atoms with Gasteiger partial charge in [0.1, 0.15) is 0 Å². The van der Waals surface area contributed by atoms with E-state index in [2.05, 4.69) is 45.9 Å². The van der Waals surface area contributed by atoms with Gasteiger partial charge in [-0.05, 0) is 50.7 Å². The summed E-state index contributed by atoms with van der Waals surface area (Å²) in [5.74, 6) is 0.0304. The van der Waals surface area contributed by atoms with Gasteiger partial charge in [0, 0.05) is 12.1 Å². The van der Waals surface area contributed by atoms with Crippen molar-refractivity contribution in [3.05, 3.63) is 29.3 Å². The van der Waals surface area contributed by atoms with Crippen LogP contribution in [0.15, 0.2) is 23.2 Å². The first-order valence-electron chi connectivity index (χ1n) is 9.46. The van der Waals surface area contributed by atoms with Crippen LogP contribution in [-0.2, 0) is 9.59 Å². The molecular weight excluding hydrogens is 326 g/mol. The van der Waals surface area contributed by atoms with Gasteiger partial charge in [0.05, 0.1) is 5.69 Å². The molecule has 0 bridgehead atoms. The Hall–Kier alpha value is -2.17. The monoisotopic (exact) mass is 357 g/mol. The summed E-state index contributed by atoms with van der Waals surface area (Å²) in [6.07, 6.45) is 0. The Balaban J connectivity index is 2.76. The smallest absolute Gasteiger partial charge is 0.271 e. The first-order valence-corrected chi connectivity index (χ1v) is 9.46. The number of aliphatic imine (C=N–C) groups is 1. The van der Waals surface area contributed by atoms with E-state index in [4.69, 9.17) is 4.99 Å². The number of guanidine groups is 1. The maximum Gasteiger partial charge on any atom is 0.319 e. The van der Waals surface area contributed by atoms with Crippen LogP contribution in [0.1, 0.15) is 78.4 Å². The van der Waals surface area contributed by atoms with Gasteiger partial charge in [-0.3, -0.25) is 19.4 Å². The van der Waals surface area contributed by atoms with Gasteiger partial charge in [-0.2, -0.15) is 0 Å². The van der Waals surface area contributed by atoms with Crippen molar-refractivity contribution in [2.45, 2.75) is 79.3 Å². The highest BCUT2D eigenvalue weighted by Gasteiger charge is 2.45. The lowest BCUT2D eigenvalue weighted by Gasteiger charge is -2.26. The predicted octanol–water partition coefficient (Wildman–Crippen LogP) is 4.41. The predicted molar refractivity (Wildman–Crippen MR) is 106 cm³/mol. The molecule has 0 atom stereocenters. The van der Waals surface area contributed by atoms with Crippen LogP contribution in [0.3, 0.4) is 0 Å². The fourth-order valence-electron chi connectivity index (χ4n) is 3.28. The van der Waals surface area contributed by atoms with E-state index in [1.165, 1.54) is 9.80 Å². The van der Waals surface area contributed by atoms with Crippen molar-refractivity contribution in [2.75, 3.05) is 0 Å². The van der Waals surface area contributed by atoms with Gasteiger partial charge in [0.15, 0.2) is 0 Å². The molecule has 1 aromatic carbocycles. The molecule has 1 aromatic rings. The van der Waals surface area contributed by atoms with Crippen LogP contribution < -0.4 is 0 Å². The van der Waals surface area contributed by atoms with Crippen LogP contribution >= 0.6 is 0 Å². The molecule has 1 saturated heterocycles. The quantitative estimate of drug-likeness (QED) is 0.733. The molecule has 0 radical (unpaired) electrons. The lowest BCUT2D eigenvalue weighted by molar-refractivity contribution is -0.144. The zero-order valence-corrected chi connectivity index (χ0v) is 17.2. The fraction of sp³-hybridized carbons (Fsp3) is 0.571. The highest BCUT2D eigenvalue weighted by molar-refractivity contribution is 6.45. The molecule has 1 aliphatic rings. The van der Waals surface area contributed by atoms with Gasteiger partial charge < -0.3 is 0 Å². The average molecular weight is 357 g/mol. The zero-order valence-electron chi connectivity index (χ0n) is 17.2. The van der Waals surface area contributed by atoms with E-state index in [1.54, 1.807) is 0 Å². The van der Waals surface area contributed by atoms with Crippen LogP contribution in [0.4, 0.5) is 5.69 Å². The maximum absolute atomic E-state index is 12.6. The molecule has 5 nitrogen and oxygen atoms in total. The Bertz CT molecular complexity index is 679. The lowest BCUT2D eigenvalue weighted by atomic mass is 9.93. The van der Waals surface area contributed by atoms with Crippen molar-refractivity contribution < 1.29 is 9.59 Å². The second-order valence-electron chi connectivity index (χ2n) is 8.04. The number of carbonyl (C=O) groups is 2. The number of para-hydroxylation sites is 1. The highest BCUT2D eigenvalue weighted by atomic mass is 16.2. The van der Waals surface area contributed by atoms with Crippen molar-refractivity contribution in [2.24, 2.45) is 4.99 Å². The minimum atomic E-state index is -0.499. The summed E-state index contributed by atoms with van der Waals surface area (Å²) in [7, 11) is 0. The van der Waals surface area contributed by atoms with Gasteiger partial charge in [0.25, 0.3) is 0 Å². The Kier molecular flexibility index (Phi) is 5.89. The van der Waals surface area contributed by atoms with Crippen LogP contribution in [0, 0.1) is 0 Å². The van der Waals surface area contributed by atoms with Crippen LogP contribution in [0.5, 0.6) is 0 Å². The van der Waals surface area contributed by atoms with Crippen molar-refractivity contribution in [3.8, 4) is 0 Å². The first kappa shape index (κ1) is 20.1. The van der Waals surface area contributed by atoms with E-state index in [9.17, 15) is 9.59 Å². The molecule has 2 rings (SSSR count). The van der Waals surface area contributed by atoms with Gasteiger partial charge >= 0.3 is 11.8 Å². The van der Waals surface area contributed by atoms with E-state index in [0.29, 0.717) is 17.8 Å². The zero-order chi connectivity index (χ0) is 19.8. The second-order valence-corrected chi connectivity index (χ2v) is 8.04. The van der Waals surface area contributed by atoms with Gasteiger partial charge in [-0.25, -0.2) is 4.99 Å². The number of amides is 2. The molecule has 0 spiro atoms. The third-order valence-corrected chi connectivity index (χ3v) is 4.64. The van der Waals surface area contributed by atoms with Crippen LogP contribution in [0.2, 0.25) is 0 Å². The molecule has 5 heteroatoms. The van der Waals surface area contributed by atoms with Crippen LogP contribution in [0.25, 0.3) is 0 Å². The normalized spacial score (nSPS) is 15.5. The molecule has 0 saturated carbocycles. The van der Waals surface area contributed by atoms with E-state index < -0.39 is 11.8 Å². The lowest BCUT2D eigenvalue weighted by Crippen LogP contribution is -2.41. The topological polar surface area (TPSA) is 53.0 Å². The number of carbonyl (C=O) groups excluding carboxylic acids is 2. The summed E-state index contributed by atoms with van der Waals surface area (Å²) in [6.45, 7) is 16.2. The van der Waals surface area contributed by atoms with Crippen molar-refractivity contribution in [1.29, 1.82) is 0 Å². The largest absolute Gasteiger partial charge is 0.319 e. The average Bonchev–Trinajstić information content (AvgIpc) is 2.78. The Morgan fingerprint density at radius 1 is 0.731 bits per heavy atom. The number of benzene rings is 1. The molecule has 0 aliphatic carbocycles.